The normalized spacial score (nSPS) is 19.3. The Morgan fingerprint density at radius 2 is 0.887 bits per heavy atom. The molecular formula is C59H94O12. The molecule has 0 bridgehead atoms. The fourth-order valence-corrected chi connectivity index (χ4v) is 7.48. The third kappa shape index (κ3) is 37.1. The molecule has 0 saturated carbocycles. The summed E-state index contributed by atoms with van der Waals surface area (Å²) in [7, 11) is 0. The number of carbonyl (C=O) groups excluding carboxylic acids is 3. The lowest BCUT2D eigenvalue weighted by molar-refractivity contribution is -0.301. The van der Waals surface area contributed by atoms with Crippen LogP contribution in [0.25, 0.3) is 0 Å². The number of ether oxygens (including phenoxy) is 5. The molecule has 1 aliphatic rings. The van der Waals surface area contributed by atoms with Gasteiger partial charge in [0.25, 0.3) is 0 Å². The van der Waals surface area contributed by atoms with Gasteiger partial charge in [0, 0.05) is 19.3 Å². The van der Waals surface area contributed by atoms with Crippen molar-refractivity contribution in [3.05, 3.63) is 97.2 Å². The number of esters is 3. The fraction of sp³-hybridized carbons (Fsp3) is 0.661. The lowest BCUT2D eigenvalue weighted by Crippen LogP contribution is -2.61. The summed E-state index contributed by atoms with van der Waals surface area (Å²) < 4.78 is 28.2. The van der Waals surface area contributed by atoms with E-state index in [1.54, 1.807) is 0 Å². The summed E-state index contributed by atoms with van der Waals surface area (Å²) in [6, 6.07) is 0. The zero-order valence-electron chi connectivity index (χ0n) is 43.9. The van der Waals surface area contributed by atoms with E-state index in [2.05, 4.69) is 118 Å². The Balaban J connectivity index is 2.78. The average Bonchev–Trinajstić information content (AvgIpc) is 3.35. The predicted octanol–water partition coefficient (Wildman–Crippen LogP) is 13.3. The van der Waals surface area contributed by atoms with Gasteiger partial charge in [0.2, 0.25) is 0 Å². The van der Waals surface area contributed by atoms with Crippen LogP contribution >= 0.6 is 0 Å². The fourth-order valence-electron chi connectivity index (χ4n) is 7.48. The number of aliphatic hydroxyl groups is 2. The summed E-state index contributed by atoms with van der Waals surface area (Å²) in [6.45, 7) is 5.66. The molecule has 0 aromatic carbocycles. The lowest BCUT2D eigenvalue weighted by Gasteiger charge is -2.40. The van der Waals surface area contributed by atoms with Crippen LogP contribution in [0.4, 0.5) is 0 Å². The molecule has 1 saturated heterocycles. The van der Waals surface area contributed by atoms with Gasteiger partial charge in [0.05, 0.1) is 6.61 Å². The van der Waals surface area contributed by atoms with Gasteiger partial charge in [-0.3, -0.25) is 14.4 Å². The van der Waals surface area contributed by atoms with Gasteiger partial charge >= 0.3 is 23.9 Å². The maximum Gasteiger partial charge on any atom is 0.335 e. The van der Waals surface area contributed by atoms with Crippen LogP contribution < -0.4 is 0 Å². The van der Waals surface area contributed by atoms with E-state index in [1.165, 1.54) is 25.7 Å². The van der Waals surface area contributed by atoms with Crippen molar-refractivity contribution in [3.63, 3.8) is 0 Å². The summed E-state index contributed by atoms with van der Waals surface area (Å²) in [6.07, 6.45) is 48.2. The minimum Gasteiger partial charge on any atom is -0.479 e. The number of aliphatic hydroxyl groups excluding tert-OH is 2. The third-order valence-corrected chi connectivity index (χ3v) is 11.6. The smallest absolute Gasteiger partial charge is 0.335 e. The van der Waals surface area contributed by atoms with Gasteiger partial charge in [-0.25, -0.2) is 4.79 Å². The number of hydrogen-bond acceptors (Lipinski definition) is 11. The van der Waals surface area contributed by atoms with E-state index in [1.807, 2.05) is 0 Å². The first-order valence-corrected chi connectivity index (χ1v) is 27.2. The number of allylic oxidation sites excluding steroid dienone is 16. The molecule has 1 fully saturated rings. The maximum atomic E-state index is 13.1. The SMILES string of the molecule is CC/C=C\C/C=C\C/C=C\C/C=C\CCCCC(=O)OCC(COC1OC(C(=O)O)C(O)C(O)C1OC(=O)CCCCC/C=C\C/C=C\C/C=C\CC)OC(=O)CCCCCCC/C=C\CCCCCC. The van der Waals surface area contributed by atoms with Crippen LogP contribution in [0.5, 0.6) is 0 Å². The van der Waals surface area contributed by atoms with Crippen molar-refractivity contribution in [3.8, 4) is 0 Å². The van der Waals surface area contributed by atoms with E-state index in [0.29, 0.717) is 19.3 Å². The summed E-state index contributed by atoms with van der Waals surface area (Å²) in [4.78, 5) is 50.9. The van der Waals surface area contributed by atoms with E-state index >= 15 is 0 Å². The number of carboxylic acids is 1. The first-order chi connectivity index (χ1) is 34.6. The van der Waals surface area contributed by atoms with Crippen molar-refractivity contribution in [1.82, 2.24) is 0 Å². The van der Waals surface area contributed by atoms with E-state index in [0.717, 1.165) is 116 Å². The Kier molecular flexibility index (Phi) is 42.5. The topological polar surface area (TPSA) is 175 Å². The molecule has 3 N–H and O–H groups in total. The Morgan fingerprint density at radius 3 is 1.41 bits per heavy atom. The molecule has 6 unspecified atom stereocenters. The second-order valence-electron chi connectivity index (χ2n) is 18.1. The molecule has 1 heterocycles. The van der Waals surface area contributed by atoms with Crippen molar-refractivity contribution in [2.75, 3.05) is 13.2 Å². The molecule has 0 spiro atoms. The minimum atomic E-state index is -1.92. The van der Waals surface area contributed by atoms with Crippen LogP contribution in [0.2, 0.25) is 0 Å². The zero-order chi connectivity index (χ0) is 51.8. The molecule has 0 radical (unpaired) electrons. The molecule has 12 heteroatoms. The van der Waals surface area contributed by atoms with E-state index in [-0.39, 0.29) is 25.9 Å². The molecule has 71 heavy (non-hydrogen) atoms. The number of carboxylic acid groups (broad SMARTS) is 1. The highest BCUT2D eigenvalue weighted by molar-refractivity contribution is 5.74. The van der Waals surface area contributed by atoms with Crippen molar-refractivity contribution in [1.29, 1.82) is 0 Å². The van der Waals surface area contributed by atoms with E-state index < -0.39 is 67.3 Å². The zero-order valence-corrected chi connectivity index (χ0v) is 43.9. The van der Waals surface area contributed by atoms with Gasteiger partial charge in [-0.2, -0.15) is 0 Å². The van der Waals surface area contributed by atoms with Gasteiger partial charge in [0.15, 0.2) is 24.6 Å². The van der Waals surface area contributed by atoms with Crippen LogP contribution in [0.1, 0.15) is 201 Å². The summed E-state index contributed by atoms with van der Waals surface area (Å²) in [5.41, 5.74) is 0. The Morgan fingerprint density at radius 1 is 0.479 bits per heavy atom. The van der Waals surface area contributed by atoms with Gasteiger partial charge in [-0.05, 0) is 116 Å². The number of hydrogen-bond donors (Lipinski definition) is 3. The van der Waals surface area contributed by atoms with Crippen LogP contribution in [0.3, 0.4) is 0 Å². The molecule has 402 valence electrons. The van der Waals surface area contributed by atoms with Gasteiger partial charge in [0.1, 0.15) is 18.8 Å². The first kappa shape index (κ1) is 64.7. The molecule has 0 aromatic rings. The Hall–Kier alpha value is -4.36. The molecule has 0 aromatic heterocycles. The van der Waals surface area contributed by atoms with Crippen molar-refractivity contribution >= 4 is 23.9 Å². The maximum absolute atomic E-state index is 13.1. The van der Waals surface area contributed by atoms with Crippen LogP contribution in [-0.2, 0) is 42.9 Å². The van der Waals surface area contributed by atoms with Crippen LogP contribution in [0.15, 0.2) is 97.2 Å². The van der Waals surface area contributed by atoms with E-state index in [4.69, 9.17) is 23.7 Å². The number of unbranched alkanes of at least 4 members (excludes halogenated alkanes) is 14. The second kappa shape index (κ2) is 46.7. The number of aliphatic carboxylic acids is 1. The highest BCUT2D eigenvalue weighted by Crippen LogP contribution is 2.26. The lowest BCUT2D eigenvalue weighted by atomic mass is 9.98. The van der Waals surface area contributed by atoms with Crippen molar-refractivity contribution < 1.29 is 58.2 Å². The number of rotatable bonds is 44. The van der Waals surface area contributed by atoms with Gasteiger partial charge in [-0.1, -0.05) is 163 Å². The molecule has 0 aliphatic carbocycles. The Bertz CT molecular complexity index is 1610. The van der Waals surface area contributed by atoms with Crippen molar-refractivity contribution in [2.45, 2.75) is 237 Å². The summed E-state index contributed by atoms with van der Waals surface area (Å²) >= 11 is 0. The largest absolute Gasteiger partial charge is 0.479 e. The van der Waals surface area contributed by atoms with Crippen LogP contribution in [-0.4, -0.2) is 89.2 Å². The number of carbonyl (C=O) groups is 4. The molecule has 6 atom stereocenters. The molecule has 1 rings (SSSR count). The van der Waals surface area contributed by atoms with Crippen LogP contribution in [0, 0.1) is 0 Å². The quantitative estimate of drug-likeness (QED) is 0.0228. The molecule has 1 aliphatic heterocycles. The highest BCUT2D eigenvalue weighted by Gasteiger charge is 2.50. The van der Waals surface area contributed by atoms with Gasteiger partial charge < -0.3 is 39.0 Å². The van der Waals surface area contributed by atoms with Crippen molar-refractivity contribution in [2.24, 2.45) is 0 Å². The average molecular weight is 995 g/mol. The Labute approximate surface area is 428 Å². The molecule has 0 amide bonds. The first-order valence-electron chi connectivity index (χ1n) is 27.2. The van der Waals surface area contributed by atoms with Gasteiger partial charge in [-0.15, -0.1) is 0 Å². The standard InChI is InChI=1S/C59H94O12/c1-4-7-10-13-16-19-22-25-26-29-30-33-36-39-42-45-51(60)67-48-50(69-52(61)46-43-40-37-34-31-27-23-20-17-14-11-8-5-2)49-68-59-57(55(64)54(63)56(71-59)58(65)66)70-53(62)47-44-41-38-35-32-28-24-21-18-15-12-9-6-3/h7,9-10,12,16,18-21,23,25-26,28,30,32-33,50,54-57,59,63-64H,4-6,8,11,13-15,17,22,24,27,29,31,34-49H2,1-3H3,(H,65,66)/b10-7-,12-9-,19-16-,21-18-,23-20-,26-25-,32-28-,33-30-. The third-order valence-electron chi connectivity index (χ3n) is 11.6. The highest BCUT2D eigenvalue weighted by atomic mass is 16.7. The monoisotopic (exact) mass is 995 g/mol. The summed E-state index contributed by atoms with van der Waals surface area (Å²) in [5.74, 6) is -3.24. The second-order valence-corrected chi connectivity index (χ2v) is 18.1. The predicted molar refractivity (Wildman–Crippen MR) is 284 cm³/mol. The molecule has 12 nitrogen and oxygen atoms in total. The minimum absolute atomic E-state index is 0.0159. The molecular weight excluding hydrogens is 901 g/mol. The summed E-state index contributed by atoms with van der Waals surface area (Å²) in [5, 5.41) is 31.4. The van der Waals surface area contributed by atoms with E-state index in [9.17, 15) is 34.5 Å².